The molecular formula is C20H21ClN2O2. The molecule has 0 atom stereocenters. The number of halogens is 1. The van der Waals surface area contributed by atoms with E-state index in [9.17, 15) is 9.59 Å². The third-order valence-electron chi connectivity index (χ3n) is 4.22. The minimum atomic E-state index is -0.0843. The second-order valence-electron chi connectivity index (χ2n) is 6.54. The van der Waals surface area contributed by atoms with E-state index in [1.807, 2.05) is 26.0 Å². The monoisotopic (exact) mass is 356 g/mol. The molecule has 0 aromatic heterocycles. The molecule has 0 spiro atoms. The van der Waals surface area contributed by atoms with Crippen molar-refractivity contribution in [1.29, 1.82) is 0 Å². The second kappa shape index (κ2) is 7.28. The molecule has 0 saturated carbocycles. The highest BCUT2D eigenvalue weighted by molar-refractivity contribution is 6.30. The first-order chi connectivity index (χ1) is 12.0. The molecule has 2 aromatic carbocycles. The zero-order valence-corrected chi connectivity index (χ0v) is 15.1. The maximum absolute atomic E-state index is 12.8. The van der Waals surface area contributed by atoms with E-state index < -0.39 is 0 Å². The molecule has 25 heavy (non-hydrogen) atoms. The van der Waals surface area contributed by atoms with E-state index in [1.165, 1.54) is 0 Å². The van der Waals surface area contributed by atoms with Gasteiger partial charge >= 0.3 is 0 Å². The first kappa shape index (κ1) is 17.5. The van der Waals surface area contributed by atoms with Crippen LogP contribution in [0.4, 0.5) is 5.69 Å². The maximum Gasteiger partial charge on any atom is 0.258 e. The Morgan fingerprint density at radius 1 is 1.08 bits per heavy atom. The maximum atomic E-state index is 12.8. The van der Waals surface area contributed by atoms with Gasteiger partial charge in [0.25, 0.3) is 11.8 Å². The average molecular weight is 357 g/mol. The molecule has 130 valence electrons. The summed E-state index contributed by atoms with van der Waals surface area (Å²) in [6, 6.07) is 12.6. The highest BCUT2D eigenvalue weighted by Crippen LogP contribution is 2.29. The number of rotatable bonds is 3. The zero-order chi connectivity index (χ0) is 18.0. The van der Waals surface area contributed by atoms with E-state index in [1.54, 1.807) is 35.2 Å². The quantitative estimate of drug-likeness (QED) is 0.901. The highest BCUT2D eigenvalue weighted by atomic mass is 35.5. The molecule has 1 aliphatic heterocycles. The molecule has 1 aliphatic rings. The Morgan fingerprint density at radius 3 is 2.44 bits per heavy atom. The van der Waals surface area contributed by atoms with Gasteiger partial charge in [-0.2, -0.15) is 0 Å². The van der Waals surface area contributed by atoms with Crippen LogP contribution < -0.4 is 10.2 Å². The first-order valence-corrected chi connectivity index (χ1v) is 8.84. The van der Waals surface area contributed by atoms with Crippen molar-refractivity contribution in [2.45, 2.75) is 32.7 Å². The van der Waals surface area contributed by atoms with Gasteiger partial charge in [-0.1, -0.05) is 11.6 Å². The van der Waals surface area contributed by atoms with Crippen LogP contribution in [0.2, 0.25) is 5.02 Å². The van der Waals surface area contributed by atoms with Crippen LogP contribution in [0.3, 0.4) is 0 Å². The minimum absolute atomic E-state index is 0.0444. The number of anilines is 1. The fraction of sp³-hybridized carbons (Fsp3) is 0.300. The van der Waals surface area contributed by atoms with Crippen LogP contribution in [0.5, 0.6) is 0 Å². The van der Waals surface area contributed by atoms with Crippen molar-refractivity contribution in [2.75, 3.05) is 11.4 Å². The molecule has 1 heterocycles. The van der Waals surface area contributed by atoms with Crippen LogP contribution in [0.1, 0.15) is 46.5 Å². The standard InChI is InChI=1S/C20H21ClN2O2/c1-13(2)22-19(24)16-7-10-18-15(12-16)4-3-11-23(18)20(25)14-5-8-17(21)9-6-14/h5-10,12-13H,3-4,11H2,1-2H3,(H,22,24). The number of nitrogens with one attached hydrogen (secondary N) is 1. The zero-order valence-electron chi connectivity index (χ0n) is 14.4. The normalized spacial score (nSPS) is 13.5. The molecule has 2 amide bonds. The van der Waals surface area contributed by atoms with E-state index in [-0.39, 0.29) is 17.9 Å². The molecule has 0 aliphatic carbocycles. The van der Waals surface area contributed by atoms with E-state index in [2.05, 4.69) is 5.32 Å². The first-order valence-electron chi connectivity index (χ1n) is 8.47. The molecule has 0 bridgehead atoms. The summed E-state index contributed by atoms with van der Waals surface area (Å²) < 4.78 is 0. The lowest BCUT2D eigenvalue weighted by Crippen LogP contribution is -2.36. The number of hydrogen-bond acceptors (Lipinski definition) is 2. The van der Waals surface area contributed by atoms with Crippen molar-refractivity contribution < 1.29 is 9.59 Å². The summed E-state index contributed by atoms with van der Waals surface area (Å²) in [7, 11) is 0. The fourth-order valence-corrected chi connectivity index (χ4v) is 3.17. The second-order valence-corrected chi connectivity index (χ2v) is 6.98. The van der Waals surface area contributed by atoms with Crippen LogP contribution in [-0.2, 0) is 6.42 Å². The van der Waals surface area contributed by atoms with Crippen molar-refractivity contribution >= 4 is 29.1 Å². The largest absolute Gasteiger partial charge is 0.350 e. The van der Waals surface area contributed by atoms with Crippen LogP contribution in [0.15, 0.2) is 42.5 Å². The SMILES string of the molecule is CC(C)NC(=O)c1ccc2c(c1)CCCN2C(=O)c1ccc(Cl)cc1. The summed E-state index contributed by atoms with van der Waals surface area (Å²) in [5, 5.41) is 3.51. The van der Waals surface area contributed by atoms with E-state index in [4.69, 9.17) is 11.6 Å². The predicted octanol–water partition coefficient (Wildman–Crippen LogP) is 4.07. The Labute approximate surface area is 152 Å². The van der Waals surface area contributed by atoms with Crippen LogP contribution >= 0.6 is 11.6 Å². The lowest BCUT2D eigenvalue weighted by Gasteiger charge is -2.30. The van der Waals surface area contributed by atoms with Gasteiger partial charge in [0, 0.05) is 34.4 Å². The molecule has 5 heteroatoms. The van der Waals surface area contributed by atoms with Gasteiger partial charge in [-0.3, -0.25) is 9.59 Å². The lowest BCUT2D eigenvalue weighted by molar-refractivity contribution is 0.0942. The highest BCUT2D eigenvalue weighted by Gasteiger charge is 2.24. The minimum Gasteiger partial charge on any atom is -0.350 e. The topological polar surface area (TPSA) is 49.4 Å². The Hall–Kier alpha value is -2.33. The third kappa shape index (κ3) is 3.85. The molecule has 2 aromatic rings. The molecule has 4 nitrogen and oxygen atoms in total. The van der Waals surface area contributed by atoms with Crippen molar-refractivity contribution in [3.05, 3.63) is 64.2 Å². The molecule has 1 N–H and O–H groups in total. The van der Waals surface area contributed by atoms with E-state index >= 15 is 0 Å². The van der Waals surface area contributed by atoms with Crippen molar-refractivity contribution in [3.63, 3.8) is 0 Å². The fourth-order valence-electron chi connectivity index (χ4n) is 3.04. The van der Waals surface area contributed by atoms with Gasteiger partial charge in [0.05, 0.1) is 0 Å². The van der Waals surface area contributed by atoms with Gasteiger partial charge in [0.15, 0.2) is 0 Å². The third-order valence-corrected chi connectivity index (χ3v) is 4.47. The van der Waals surface area contributed by atoms with E-state index in [0.717, 1.165) is 24.1 Å². The Bertz CT molecular complexity index is 800. The van der Waals surface area contributed by atoms with Crippen LogP contribution in [0, 0.1) is 0 Å². The summed E-state index contributed by atoms with van der Waals surface area (Å²) >= 11 is 5.90. The van der Waals surface area contributed by atoms with Crippen molar-refractivity contribution in [1.82, 2.24) is 5.32 Å². The summed E-state index contributed by atoms with van der Waals surface area (Å²) in [6.07, 6.45) is 1.74. The van der Waals surface area contributed by atoms with Gasteiger partial charge in [-0.05, 0) is 74.7 Å². The number of carbonyl (C=O) groups is 2. The van der Waals surface area contributed by atoms with Crippen molar-refractivity contribution in [3.8, 4) is 0 Å². The molecule has 0 saturated heterocycles. The summed E-state index contributed by atoms with van der Waals surface area (Å²) in [5.74, 6) is -0.129. The number of aryl methyl sites for hydroxylation is 1. The van der Waals surface area contributed by atoms with Crippen LogP contribution in [0.25, 0.3) is 0 Å². The lowest BCUT2D eigenvalue weighted by atomic mass is 9.98. The summed E-state index contributed by atoms with van der Waals surface area (Å²) in [6.45, 7) is 4.54. The van der Waals surface area contributed by atoms with E-state index in [0.29, 0.717) is 22.7 Å². The average Bonchev–Trinajstić information content (AvgIpc) is 2.60. The van der Waals surface area contributed by atoms with Crippen LogP contribution in [-0.4, -0.2) is 24.4 Å². The van der Waals surface area contributed by atoms with Gasteiger partial charge in [-0.25, -0.2) is 0 Å². The molecule has 3 rings (SSSR count). The van der Waals surface area contributed by atoms with Gasteiger partial charge in [0.2, 0.25) is 0 Å². The number of nitrogens with zero attached hydrogens (tertiary/aromatic N) is 1. The molecule has 0 unspecified atom stereocenters. The summed E-state index contributed by atoms with van der Waals surface area (Å²) in [4.78, 5) is 26.8. The number of benzene rings is 2. The Kier molecular flexibility index (Phi) is 5.09. The number of fused-ring (bicyclic) bond motifs is 1. The molecule has 0 fully saturated rings. The summed E-state index contributed by atoms with van der Waals surface area (Å²) in [5.41, 5.74) is 3.16. The predicted molar refractivity (Wildman–Crippen MR) is 100 cm³/mol. The molecule has 0 radical (unpaired) electrons. The Morgan fingerprint density at radius 2 is 1.76 bits per heavy atom. The van der Waals surface area contributed by atoms with Gasteiger partial charge in [0.1, 0.15) is 0 Å². The smallest absolute Gasteiger partial charge is 0.258 e. The number of carbonyl (C=O) groups excluding carboxylic acids is 2. The Balaban J connectivity index is 1.88. The van der Waals surface area contributed by atoms with Gasteiger partial charge in [-0.15, -0.1) is 0 Å². The molecular weight excluding hydrogens is 336 g/mol. The number of hydrogen-bond donors (Lipinski definition) is 1. The number of amides is 2. The van der Waals surface area contributed by atoms with Gasteiger partial charge < -0.3 is 10.2 Å². The van der Waals surface area contributed by atoms with Crippen molar-refractivity contribution in [2.24, 2.45) is 0 Å².